The molecule has 1 fully saturated rings. The number of hydrogen-bond acceptors (Lipinski definition) is 5. The fourth-order valence-electron chi connectivity index (χ4n) is 4.34. The van der Waals surface area contributed by atoms with Crippen molar-refractivity contribution in [3.8, 4) is 0 Å². The summed E-state index contributed by atoms with van der Waals surface area (Å²) in [6.07, 6.45) is 1.76. The molecule has 5 rings (SSSR count). The minimum Gasteiger partial charge on any atom is -0.363 e. The van der Waals surface area contributed by atoms with Gasteiger partial charge in [0.2, 0.25) is 0 Å². The second-order valence-corrected chi connectivity index (χ2v) is 8.07. The Balaban J connectivity index is 1.45. The van der Waals surface area contributed by atoms with Crippen LogP contribution < -0.4 is 4.90 Å². The van der Waals surface area contributed by atoms with Crippen LogP contribution in [0.15, 0.2) is 84.7 Å². The molecule has 0 radical (unpaired) electrons. The molecule has 0 unspecified atom stereocenters. The lowest BCUT2D eigenvalue weighted by molar-refractivity contribution is -0.138. The van der Waals surface area contributed by atoms with Gasteiger partial charge in [-0.3, -0.25) is 14.5 Å². The first kappa shape index (κ1) is 20.9. The number of anilines is 1. The molecule has 0 atom stereocenters. The molecule has 2 aromatic carbocycles. The Morgan fingerprint density at radius 2 is 1.42 bits per heavy atom. The molecule has 6 nitrogen and oxygen atoms in total. The van der Waals surface area contributed by atoms with E-state index in [1.807, 2.05) is 53.4 Å². The van der Waals surface area contributed by atoms with Gasteiger partial charge in [0.15, 0.2) is 0 Å². The normalized spacial score (nSPS) is 16.7. The minimum absolute atomic E-state index is 0.195. The average Bonchev–Trinajstić information content (AvgIpc) is 3.11. The quantitative estimate of drug-likeness (QED) is 0.568. The standard InChI is InChI=1S/C26H23FN4O2/c27-21-11-9-20(10-12-21)23-24(26(33)31(25(23)32)18-19-6-2-1-3-7-19)30-16-14-29(15-17-30)22-8-4-5-13-28-22/h1-13H,14-18H2. The van der Waals surface area contributed by atoms with Crippen LogP contribution >= 0.6 is 0 Å². The van der Waals surface area contributed by atoms with Crippen molar-refractivity contribution in [1.29, 1.82) is 0 Å². The maximum absolute atomic E-state index is 13.6. The van der Waals surface area contributed by atoms with E-state index in [9.17, 15) is 14.0 Å². The van der Waals surface area contributed by atoms with E-state index in [4.69, 9.17) is 0 Å². The summed E-state index contributed by atoms with van der Waals surface area (Å²) in [7, 11) is 0. The summed E-state index contributed by atoms with van der Waals surface area (Å²) in [5.41, 5.74) is 2.15. The fourth-order valence-corrected chi connectivity index (χ4v) is 4.34. The summed E-state index contributed by atoms with van der Waals surface area (Å²) in [6.45, 7) is 2.71. The molecule has 0 saturated carbocycles. The summed E-state index contributed by atoms with van der Waals surface area (Å²) < 4.78 is 13.6. The number of benzene rings is 2. The first-order chi connectivity index (χ1) is 16.1. The van der Waals surface area contributed by atoms with Gasteiger partial charge in [0.25, 0.3) is 11.8 Å². The van der Waals surface area contributed by atoms with E-state index in [2.05, 4.69) is 9.88 Å². The van der Waals surface area contributed by atoms with E-state index in [0.717, 1.165) is 11.4 Å². The van der Waals surface area contributed by atoms with Gasteiger partial charge in [-0.25, -0.2) is 9.37 Å². The topological polar surface area (TPSA) is 56.8 Å². The fraction of sp³-hybridized carbons (Fsp3) is 0.192. The van der Waals surface area contributed by atoms with Gasteiger partial charge in [-0.15, -0.1) is 0 Å². The number of pyridine rings is 1. The van der Waals surface area contributed by atoms with Gasteiger partial charge in [-0.05, 0) is 35.4 Å². The third-order valence-corrected chi connectivity index (χ3v) is 6.03. The second-order valence-electron chi connectivity index (χ2n) is 8.07. The highest BCUT2D eigenvalue weighted by Gasteiger charge is 2.42. The van der Waals surface area contributed by atoms with Gasteiger partial charge < -0.3 is 9.80 Å². The van der Waals surface area contributed by atoms with Crippen LogP contribution in [0, 0.1) is 5.82 Å². The van der Waals surface area contributed by atoms with E-state index in [-0.39, 0.29) is 24.2 Å². The molecule has 0 bridgehead atoms. The van der Waals surface area contributed by atoms with E-state index in [0.29, 0.717) is 43.0 Å². The summed E-state index contributed by atoms with van der Waals surface area (Å²) in [5.74, 6) is -0.153. The molecule has 0 spiro atoms. The number of aromatic nitrogens is 1. The van der Waals surface area contributed by atoms with E-state index >= 15 is 0 Å². The number of rotatable bonds is 5. The van der Waals surface area contributed by atoms with Crippen LogP contribution in [0.25, 0.3) is 5.57 Å². The molecule has 2 aliphatic rings. The third-order valence-electron chi connectivity index (χ3n) is 6.03. The minimum atomic E-state index is -0.386. The maximum Gasteiger partial charge on any atom is 0.278 e. The molecule has 2 aliphatic heterocycles. The van der Waals surface area contributed by atoms with Gasteiger partial charge in [0.05, 0.1) is 12.1 Å². The first-order valence-electron chi connectivity index (χ1n) is 10.9. The Kier molecular flexibility index (Phi) is 5.60. The predicted octanol–water partition coefficient (Wildman–Crippen LogP) is 3.32. The number of nitrogens with zero attached hydrogens (tertiary/aromatic N) is 4. The first-order valence-corrected chi connectivity index (χ1v) is 10.9. The van der Waals surface area contributed by atoms with Crippen molar-refractivity contribution in [3.63, 3.8) is 0 Å². The van der Waals surface area contributed by atoms with Crippen LogP contribution in [0.2, 0.25) is 0 Å². The highest BCUT2D eigenvalue weighted by Crippen LogP contribution is 2.33. The number of imide groups is 1. The molecule has 2 amide bonds. The van der Waals surface area contributed by atoms with Crippen LogP contribution in [0.4, 0.5) is 10.2 Å². The summed E-state index contributed by atoms with van der Waals surface area (Å²) in [4.78, 5) is 36.8. The number of carbonyl (C=O) groups excluding carboxylic acids is 2. The van der Waals surface area contributed by atoms with Crippen LogP contribution in [0.3, 0.4) is 0 Å². The summed E-state index contributed by atoms with van der Waals surface area (Å²) in [6, 6.07) is 21.0. The third kappa shape index (κ3) is 4.09. The Morgan fingerprint density at radius 3 is 2.09 bits per heavy atom. The number of carbonyl (C=O) groups is 2. The molecule has 0 N–H and O–H groups in total. The molecule has 3 aromatic rings. The van der Waals surface area contributed by atoms with Crippen molar-refractivity contribution >= 4 is 23.2 Å². The maximum atomic E-state index is 13.6. The number of hydrogen-bond donors (Lipinski definition) is 0. The molecule has 1 aromatic heterocycles. The van der Waals surface area contributed by atoms with E-state index in [1.54, 1.807) is 18.3 Å². The van der Waals surface area contributed by atoms with Crippen molar-refractivity contribution in [2.24, 2.45) is 0 Å². The molecule has 0 aliphatic carbocycles. The number of piperazine rings is 1. The Labute approximate surface area is 191 Å². The van der Waals surface area contributed by atoms with Gasteiger partial charge >= 0.3 is 0 Å². The largest absolute Gasteiger partial charge is 0.363 e. The van der Waals surface area contributed by atoms with Gasteiger partial charge in [0, 0.05) is 32.4 Å². The Bertz CT molecular complexity index is 1190. The Morgan fingerprint density at radius 1 is 0.758 bits per heavy atom. The lowest BCUT2D eigenvalue weighted by Crippen LogP contribution is -2.47. The van der Waals surface area contributed by atoms with Crippen molar-refractivity contribution < 1.29 is 14.0 Å². The molecule has 166 valence electrons. The van der Waals surface area contributed by atoms with Gasteiger partial charge in [0.1, 0.15) is 17.3 Å². The molecule has 33 heavy (non-hydrogen) atoms. The molecule has 7 heteroatoms. The van der Waals surface area contributed by atoms with E-state index < -0.39 is 0 Å². The average molecular weight is 442 g/mol. The predicted molar refractivity (Wildman–Crippen MR) is 123 cm³/mol. The summed E-state index contributed by atoms with van der Waals surface area (Å²) in [5, 5.41) is 0. The van der Waals surface area contributed by atoms with Crippen molar-refractivity contribution in [2.45, 2.75) is 6.54 Å². The SMILES string of the molecule is O=C1C(c2ccc(F)cc2)=C(N2CCN(c3ccccn3)CC2)C(=O)N1Cc1ccccc1. The highest BCUT2D eigenvalue weighted by atomic mass is 19.1. The van der Waals surface area contributed by atoms with Gasteiger partial charge in [-0.2, -0.15) is 0 Å². The summed E-state index contributed by atoms with van der Waals surface area (Å²) >= 11 is 0. The van der Waals surface area contributed by atoms with Gasteiger partial charge in [-0.1, -0.05) is 48.5 Å². The number of amides is 2. The lowest BCUT2D eigenvalue weighted by atomic mass is 10.0. The van der Waals surface area contributed by atoms with Crippen LogP contribution in [0.1, 0.15) is 11.1 Å². The Hall–Kier alpha value is -4.00. The van der Waals surface area contributed by atoms with Crippen LogP contribution in [-0.4, -0.2) is 52.8 Å². The molecule has 3 heterocycles. The molecular formula is C26H23FN4O2. The van der Waals surface area contributed by atoms with E-state index in [1.165, 1.54) is 17.0 Å². The van der Waals surface area contributed by atoms with Crippen molar-refractivity contribution in [3.05, 3.63) is 102 Å². The zero-order chi connectivity index (χ0) is 22.8. The smallest absolute Gasteiger partial charge is 0.278 e. The molecule has 1 saturated heterocycles. The zero-order valence-electron chi connectivity index (χ0n) is 18.0. The van der Waals surface area contributed by atoms with Crippen molar-refractivity contribution in [1.82, 2.24) is 14.8 Å². The number of halogens is 1. The second kappa shape index (κ2) is 8.86. The van der Waals surface area contributed by atoms with Crippen LogP contribution in [0.5, 0.6) is 0 Å². The highest BCUT2D eigenvalue weighted by molar-refractivity contribution is 6.35. The van der Waals surface area contributed by atoms with Crippen LogP contribution in [-0.2, 0) is 16.1 Å². The zero-order valence-corrected chi connectivity index (χ0v) is 18.0. The lowest BCUT2D eigenvalue weighted by Gasteiger charge is -2.37. The monoisotopic (exact) mass is 442 g/mol. The van der Waals surface area contributed by atoms with Crippen molar-refractivity contribution in [2.75, 3.05) is 31.1 Å². The molecular weight excluding hydrogens is 419 g/mol.